The molecule has 3 rings (SSSR count). The van der Waals surface area contributed by atoms with Crippen molar-refractivity contribution in [3.05, 3.63) is 35.7 Å². The minimum atomic E-state index is -4.49. The Morgan fingerprint density at radius 1 is 1.27 bits per heavy atom. The first-order chi connectivity index (χ1) is 12.2. The van der Waals surface area contributed by atoms with Gasteiger partial charge in [0.25, 0.3) is 0 Å². The molecule has 0 aromatic carbocycles. The monoisotopic (exact) mass is 381 g/mol. The lowest BCUT2D eigenvalue weighted by atomic mass is 10.2. The fourth-order valence-electron chi connectivity index (χ4n) is 2.43. The molecule has 0 spiro atoms. The summed E-state index contributed by atoms with van der Waals surface area (Å²) in [6, 6.07) is 2.34. The first-order valence-electron chi connectivity index (χ1n) is 7.46. The van der Waals surface area contributed by atoms with Crippen LogP contribution in [0.1, 0.15) is 22.8 Å². The summed E-state index contributed by atoms with van der Waals surface area (Å²) in [5, 5.41) is 11.0. The molecular weight excluding hydrogens is 369 g/mol. The highest BCUT2D eigenvalue weighted by molar-refractivity contribution is 7.99. The zero-order chi connectivity index (χ0) is 19.1. The van der Waals surface area contributed by atoms with Gasteiger partial charge < -0.3 is 14.5 Å². The molecular formula is C16H12F3N4O2S-. The smallest absolute Gasteiger partial charge is 0.417 e. The summed E-state index contributed by atoms with van der Waals surface area (Å²) in [4.78, 5) is 23.6. The van der Waals surface area contributed by atoms with Gasteiger partial charge in [0.2, 0.25) is 0 Å². The van der Waals surface area contributed by atoms with Gasteiger partial charge in [-0.1, -0.05) is 6.92 Å². The second-order valence-corrected chi connectivity index (χ2v) is 6.66. The Balaban J connectivity index is 2.19. The summed E-state index contributed by atoms with van der Waals surface area (Å²) in [5.41, 5.74) is -0.0168. The molecule has 10 heteroatoms. The average molecular weight is 381 g/mol. The van der Waals surface area contributed by atoms with Crippen molar-refractivity contribution in [3.63, 3.8) is 0 Å². The number of thioether (sulfide) groups is 1. The summed E-state index contributed by atoms with van der Waals surface area (Å²) >= 11 is 1.21. The molecule has 0 bridgehead atoms. The van der Waals surface area contributed by atoms with Crippen LogP contribution >= 0.6 is 11.8 Å². The molecule has 0 aliphatic carbocycles. The van der Waals surface area contributed by atoms with Crippen LogP contribution < -0.4 is 5.11 Å². The number of carboxylic acids is 1. The maximum atomic E-state index is 13.0. The van der Waals surface area contributed by atoms with Crippen LogP contribution in [0.25, 0.3) is 22.7 Å². The van der Waals surface area contributed by atoms with Crippen molar-refractivity contribution < 1.29 is 23.1 Å². The molecule has 26 heavy (non-hydrogen) atoms. The third kappa shape index (κ3) is 3.24. The summed E-state index contributed by atoms with van der Waals surface area (Å²) in [5.74, 6) is -0.540. The van der Waals surface area contributed by atoms with Gasteiger partial charge >= 0.3 is 6.18 Å². The van der Waals surface area contributed by atoms with Crippen LogP contribution in [0.15, 0.2) is 29.4 Å². The number of fused-ring (bicyclic) bond motifs is 1. The summed E-state index contributed by atoms with van der Waals surface area (Å²) in [6.07, 6.45) is -2.59. The molecule has 0 saturated carbocycles. The first kappa shape index (κ1) is 18.2. The number of pyridine rings is 2. The molecule has 0 radical (unpaired) electrons. The normalized spacial score (nSPS) is 11.9. The lowest BCUT2D eigenvalue weighted by Crippen LogP contribution is -2.22. The van der Waals surface area contributed by atoms with Gasteiger partial charge in [0, 0.05) is 29.9 Å². The molecule has 6 nitrogen and oxygen atoms in total. The molecule has 3 aromatic rings. The van der Waals surface area contributed by atoms with Gasteiger partial charge in [-0.3, -0.25) is 4.98 Å². The number of carbonyl (C=O) groups excluding carboxylic acids is 1. The van der Waals surface area contributed by atoms with E-state index >= 15 is 0 Å². The molecule has 0 aliphatic heterocycles. The third-order valence-corrected chi connectivity index (χ3v) is 4.55. The second kappa shape index (κ2) is 6.60. The Labute approximate surface area is 150 Å². The van der Waals surface area contributed by atoms with E-state index in [-0.39, 0.29) is 11.3 Å². The van der Waals surface area contributed by atoms with E-state index in [1.54, 1.807) is 11.6 Å². The number of carboxylic acid groups (broad SMARTS) is 1. The van der Waals surface area contributed by atoms with Crippen LogP contribution in [0.4, 0.5) is 13.2 Å². The first-order valence-corrected chi connectivity index (χ1v) is 8.45. The fourth-order valence-corrected chi connectivity index (χ4v) is 3.23. The summed E-state index contributed by atoms with van der Waals surface area (Å²) in [6.45, 7) is 1.82. The molecule has 0 N–H and O–H groups in total. The van der Waals surface area contributed by atoms with Crippen molar-refractivity contribution >= 4 is 28.9 Å². The van der Waals surface area contributed by atoms with E-state index in [9.17, 15) is 23.1 Å². The van der Waals surface area contributed by atoms with Gasteiger partial charge in [0.1, 0.15) is 11.2 Å². The minimum Gasteiger partial charge on any atom is -0.545 e. The molecule has 3 heterocycles. The van der Waals surface area contributed by atoms with E-state index in [4.69, 9.17) is 0 Å². The number of nitrogens with zero attached hydrogens (tertiary/aromatic N) is 4. The third-order valence-electron chi connectivity index (χ3n) is 3.64. The molecule has 136 valence electrons. The van der Waals surface area contributed by atoms with E-state index in [0.717, 1.165) is 18.5 Å². The van der Waals surface area contributed by atoms with Crippen LogP contribution in [-0.2, 0) is 13.2 Å². The zero-order valence-corrected chi connectivity index (χ0v) is 14.5. The number of hydrogen-bond donors (Lipinski definition) is 0. The SMILES string of the molecule is CCSc1cc(C(F)(F)F)cnc1-c1nc2cc(C(=O)[O-])cnc2n1C. The number of aryl methyl sites for hydroxylation is 1. The maximum absolute atomic E-state index is 13.0. The Morgan fingerprint density at radius 3 is 2.62 bits per heavy atom. The molecule has 3 aromatic heterocycles. The lowest BCUT2D eigenvalue weighted by molar-refractivity contribution is -0.255. The van der Waals surface area contributed by atoms with E-state index < -0.39 is 17.7 Å². The molecule has 0 saturated heterocycles. The highest BCUT2D eigenvalue weighted by Crippen LogP contribution is 2.36. The van der Waals surface area contributed by atoms with Crippen molar-refractivity contribution in [1.82, 2.24) is 19.5 Å². The predicted octanol–water partition coefficient (Wildman–Crippen LogP) is 2.52. The van der Waals surface area contributed by atoms with E-state index in [1.807, 2.05) is 6.92 Å². The average Bonchev–Trinajstić information content (AvgIpc) is 2.90. The molecule has 0 amide bonds. The number of aromatic nitrogens is 4. The van der Waals surface area contributed by atoms with Gasteiger partial charge in [0.15, 0.2) is 11.5 Å². The van der Waals surface area contributed by atoms with Crippen molar-refractivity contribution in [2.45, 2.75) is 18.0 Å². The predicted molar refractivity (Wildman–Crippen MR) is 87.5 cm³/mol. The van der Waals surface area contributed by atoms with Crippen molar-refractivity contribution in [2.75, 3.05) is 5.75 Å². The molecule has 0 atom stereocenters. The second-order valence-electron chi connectivity index (χ2n) is 5.35. The number of hydrogen-bond acceptors (Lipinski definition) is 6. The fraction of sp³-hybridized carbons (Fsp3) is 0.250. The summed E-state index contributed by atoms with van der Waals surface area (Å²) in [7, 11) is 1.64. The van der Waals surface area contributed by atoms with Crippen molar-refractivity contribution in [2.24, 2.45) is 7.05 Å². The zero-order valence-electron chi connectivity index (χ0n) is 13.7. The van der Waals surface area contributed by atoms with Gasteiger partial charge in [-0.05, 0) is 17.9 Å². The number of alkyl halides is 3. The topological polar surface area (TPSA) is 83.7 Å². The van der Waals surface area contributed by atoms with E-state index in [0.29, 0.717) is 27.6 Å². The Kier molecular flexibility index (Phi) is 4.61. The van der Waals surface area contributed by atoms with E-state index in [1.165, 1.54) is 17.8 Å². The quantitative estimate of drug-likeness (QED) is 0.646. The van der Waals surface area contributed by atoms with Crippen LogP contribution in [-0.4, -0.2) is 31.2 Å². The molecule has 0 fully saturated rings. The summed E-state index contributed by atoms with van der Waals surface area (Å²) < 4.78 is 40.5. The van der Waals surface area contributed by atoms with Gasteiger partial charge in [-0.25, -0.2) is 9.97 Å². The van der Waals surface area contributed by atoms with Gasteiger partial charge in [-0.15, -0.1) is 11.8 Å². The Hall–Kier alpha value is -2.62. The number of aromatic carboxylic acids is 1. The number of rotatable bonds is 4. The number of halogens is 3. The van der Waals surface area contributed by atoms with Crippen LogP contribution in [0.2, 0.25) is 0 Å². The van der Waals surface area contributed by atoms with Crippen LogP contribution in [0.5, 0.6) is 0 Å². The van der Waals surface area contributed by atoms with Gasteiger partial charge in [-0.2, -0.15) is 13.2 Å². The standard InChI is InChI=1S/C16H13F3N4O2S/c1-3-26-11-5-9(16(17,18)19)7-20-12(11)14-22-10-4-8(15(24)25)6-21-13(10)23(14)2/h4-7H,3H2,1-2H3,(H,24,25)/p-1. The Morgan fingerprint density at radius 2 is 2.00 bits per heavy atom. The Bertz CT molecular complexity index is 1000. The van der Waals surface area contributed by atoms with E-state index in [2.05, 4.69) is 15.0 Å². The highest BCUT2D eigenvalue weighted by Gasteiger charge is 2.32. The number of carbonyl (C=O) groups is 1. The van der Waals surface area contributed by atoms with Crippen LogP contribution in [0.3, 0.4) is 0 Å². The maximum Gasteiger partial charge on any atom is 0.417 e. The molecule has 0 aliphatic rings. The largest absolute Gasteiger partial charge is 0.545 e. The number of imidazole rings is 1. The van der Waals surface area contributed by atoms with Crippen LogP contribution in [0, 0.1) is 0 Å². The van der Waals surface area contributed by atoms with Gasteiger partial charge in [0.05, 0.1) is 11.5 Å². The highest BCUT2D eigenvalue weighted by atomic mass is 32.2. The minimum absolute atomic E-state index is 0.134. The molecule has 0 unspecified atom stereocenters. The van der Waals surface area contributed by atoms with Crippen molar-refractivity contribution in [3.8, 4) is 11.5 Å². The lowest BCUT2D eigenvalue weighted by Gasteiger charge is -2.11. The van der Waals surface area contributed by atoms with Crippen molar-refractivity contribution in [1.29, 1.82) is 0 Å².